The first kappa shape index (κ1) is 102. The average molecular weight is 1760 g/mol. The van der Waals surface area contributed by atoms with Gasteiger partial charge < -0.3 is 0 Å². The highest BCUT2D eigenvalue weighted by atomic mass is 14.1. The maximum Gasteiger partial charge on any atom is 0.0249 e. The molecule has 15 aromatic carbocycles. The molecule has 15 rings (SSSR count). The molecule has 0 saturated carbocycles. The third kappa shape index (κ3) is 37.9. The lowest BCUT2D eigenvalue weighted by molar-refractivity contribution is 0.717. The van der Waals surface area contributed by atoms with Gasteiger partial charge in [-0.1, -0.05) is 395 Å². The van der Waals surface area contributed by atoms with E-state index in [2.05, 4.69) is 492 Å². The van der Waals surface area contributed by atoms with Gasteiger partial charge in [0.1, 0.15) is 0 Å². The third-order valence-electron chi connectivity index (χ3n) is 24.9. The summed E-state index contributed by atoms with van der Waals surface area (Å²) in [5, 5.41) is 0. The van der Waals surface area contributed by atoms with Crippen LogP contribution in [0.5, 0.6) is 0 Å². The van der Waals surface area contributed by atoms with Gasteiger partial charge in [-0.2, -0.15) is 0 Å². The maximum absolute atomic E-state index is 3.30. The number of aryl methyl sites for hydroxylation is 20. The average Bonchev–Trinajstić information content (AvgIpc) is 0.886. The van der Waals surface area contributed by atoms with Crippen LogP contribution in [0.15, 0.2) is 364 Å². The van der Waals surface area contributed by atoms with Crippen LogP contribution < -0.4 is 0 Å². The summed E-state index contributed by atoms with van der Waals surface area (Å²) in [7, 11) is 0. The Morgan fingerprint density at radius 2 is 0.244 bits per heavy atom. The number of benzene rings is 15. The third-order valence-corrected chi connectivity index (χ3v) is 24.9. The van der Waals surface area contributed by atoms with E-state index in [9.17, 15) is 0 Å². The molecule has 0 nitrogen and oxygen atoms in total. The highest BCUT2D eigenvalue weighted by molar-refractivity contribution is 5.50. The molecular formula is C135H140. The Bertz CT molecular complexity index is 6270. The van der Waals surface area contributed by atoms with Gasteiger partial charge in [0.25, 0.3) is 0 Å². The lowest BCUT2D eigenvalue weighted by Gasteiger charge is -2.04. The highest BCUT2D eigenvalue weighted by Crippen LogP contribution is 2.21. The van der Waals surface area contributed by atoms with Crippen LogP contribution in [-0.4, -0.2) is 0 Å². The van der Waals surface area contributed by atoms with Crippen molar-refractivity contribution in [2.24, 2.45) is 0 Å². The summed E-state index contributed by atoms with van der Waals surface area (Å²) in [6.07, 6.45) is 28.3. The summed E-state index contributed by atoms with van der Waals surface area (Å²) in [6.45, 7) is 21.9. The molecule has 135 heavy (non-hydrogen) atoms. The predicted molar refractivity (Wildman–Crippen MR) is 580 cm³/mol. The van der Waals surface area contributed by atoms with Crippen LogP contribution >= 0.6 is 0 Å². The van der Waals surface area contributed by atoms with Crippen molar-refractivity contribution in [3.05, 3.63) is 531 Å². The first-order chi connectivity index (χ1) is 66.3. The molecule has 0 heteroatoms. The summed E-state index contributed by atoms with van der Waals surface area (Å²) >= 11 is 0. The summed E-state index contributed by atoms with van der Waals surface area (Å²) < 4.78 is 0. The first-order valence-electron chi connectivity index (χ1n) is 50.2. The van der Waals surface area contributed by atoms with Crippen LogP contribution in [0.1, 0.15) is 268 Å². The lowest BCUT2D eigenvalue weighted by atomic mass is 10.0. The fraction of sp³-hybridized carbons (Fsp3) is 0.259. The maximum atomic E-state index is 3.30. The van der Waals surface area contributed by atoms with E-state index in [0.29, 0.717) is 0 Å². The van der Waals surface area contributed by atoms with Crippen molar-refractivity contribution in [3.8, 4) is 59.2 Å². The number of unbranched alkanes of at least 4 members (excludes halogenated alkanes) is 3. The van der Waals surface area contributed by atoms with Crippen LogP contribution in [0.3, 0.4) is 0 Å². The Balaban J connectivity index is 0.000000162. The second-order valence-electron chi connectivity index (χ2n) is 35.4. The van der Waals surface area contributed by atoms with Crippen LogP contribution in [0.4, 0.5) is 0 Å². The van der Waals surface area contributed by atoms with Gasteiger partial charge in [0.15, 0.2) is 0 Å². The van der Waals surface area contributed by atoms with Crippen molar-refractivity contribution in [1.29, 1.82) is 0 Å². The van der Waals surface area contributed by atoms with E-state index in [1.165, 1.54) is 156 Å². The van der Waals surface area contributed by atoms with Crippen molar-refractivity contribution in [3.63, 3.8) is 0 Å². The van der Waals surface area contributed by atoms with Gasteiger partial charge in [0, 0.05) is 55.6 Å². The molecule has 0 N–H and O–H groups in total. The van der Waals surface area contributed by atoms with Gasteiger partial charge in [0.2, 0.25) is 0 Å². The fourth-order valence-electron chi connectivity index (χ4n) is 15.6. The Labute approximate surface area is 814 Å². The summed E-state index contributed by atoms with van der Waals surface area (Å²) in [6, 6.07) is 131. The molecule has 0 atom stereocenters. The zero-order chi connectivity index (χ0) is 94.5. The van der Waals surface area contributed by atoms with E-state index >= 15 is 0 Å². The van der Waals surface area contributed by atoms with Crippen molar-refractivity contribution in [2.75, 3.05) is 0 Å². The predicted octanol–water partition coefficient (Wildman–Crippen LogP) is 32.1. The van der Waals surface area contributed by atoms with Gasteiger partial charge in [-0.25, -0.2) is 0 Å². The minimum atomic E-state index is 1.06. The second-order valence-corrected chi connectivity index (χ2v) is 35.4. The van der Waals surface area contributed by atoms with Gasteiger partial charge in [-0.3, -0.25) is 0 Å². The summed E-state index contributed by atoms with van der Waals surface area (Å²) in [5.41, 5.74) is 38.4. The second kappa shape index (κ2) is 58.2. The van der Waals surface area contributed by atoms with Crippen molar-refractivity contribution >= 4 is 0 Å². The van der Waals surface area contributed by atoms with E-state index < -0.39 is 0 Å². The molecule has 0 amide bonds. The molecule has 680 valence electrons. The largest absolute Gasteiger partial charge is 0.0654 e. The smallest absolute Gasteiger partial charge is 0.0249 e. The molecule has 0 unspecified atom stereocenters. The van der Waals surface area contributed by atoms with Crippen LogP contribution in [0, 0.1) is 66.1 Å². The van der Waals surface area contributed by atoms with E-state index in [-0.39, 0.29) is 0 Å². The Kier molecular flexibility index (Phi) is 43.8. The number of rotatable bonds is 30. The SMILES string of the molecule is CCCCCc1ccc(C#Cc2ccc(CCc3ccc(CC)cc3)cc2)cc1.CCCCc1ccc(C#Cc2ccc(CCc3ccc(CC)cc3)cc2)cc1.CCCc1ccc(C#Cc2ccc(CCc3ccc(CC)cc3)cc2)cc1.CCc1ccc(C#Cc2ccc(CCc3ccc(CC)cc3)cc2)cc1.CCc1ccc(CCc2ccc(C#Cc3ccc(C)cc3)cc2)cc1. The molecule has 0 fully saturated rings. The van der Waals surface area contributed by atoms with Gasteiger partial charge >= 0.3 is 0 Å². The lowest BCUT2D eigenvalue weighted by Crippen LogP contribution is -1.92. The molecule has 0 aliphatic rings. The van der Waals surface area contributed by atoms with Crippen molar-refractivity contribution in [1.82, 2.24) is 0 Å². The molecule has 0 aliphatic heterocycles. The fourth-order valence-corrected chi connectivity index (χ4v) is 15.6. The molecule has 0 heterocycles. The summed E-state index contributed by atoms with van der Waals surface area (Å²) in [5.74, 6) is 32.7. The highest BCUT2D eigenvalue weighted by Gasteiger charge is 2.07. The topological polar surface area (TPSA) is 0 Å². The Hall–Kier alpha value is -13.9. The molecular weight excluding hydrogens is 1620 g/mol. The molecule has 0 bridgehead atoms. The Morgan fingerprint density at radius 3 is 0.400 bits per heavy atom. The summed E-state index contributed by atoms with van der Waals surface area (Å²) in [4.78, 5) is 0. The zero-order valence-electron chi connectivity index (χ0n) is 82.3. The van der Waals surface area contributed by atoms with E-state index in [1.807, 2.05) is 0 Å². The molecule has 0 aromatic heterocycles. The number of hydrogen-bond acceptors (Lipinski definition) is 0. The van der Waals surface area contributed by atoms with Crippen LogP contribution in [0.25, 0.3) is 0 Å². The first-order valence-corrected chi connectivity index (χ1v) is 50.2. The van der Waals surface area contributed by atoms with Gasteiger partial charge in [0.05, 0.1) is 0 Å². The number of hydrogen-bond donors (Lipinski definition) is 0. The minimum absolute atomic E-state index is 1.06. The molecule has 0 spiro atoms. The molecule has 0 radical (unpaired) electrons. The molecule has 0 saturated heterocycles. The minimum Gasteiger partial charge on any atom is -0.0654 e. The van der Waals surface area contributed by atoms with Crippen LogP contribution in [0.2, 0.25) is 0 Å². The van der Waals surface area contributed by atoms with Gasteiger partial charge in [-0.05, 0) is 369 Å². The van der Waals surface area contributed by atoms with Gasteiger partial charge in [-0.15, -0.1) is 0 Å². The normalized spacial score (nSPS) is 10.3. The zero-order valence-corrected chi connectivity index (χ0v) is 82.3. The van der Waals surface area contributed by atoms with E-state index in [4.69, 9.17) is 0 Å². The van der Waals surface area contributed by atoms with Crippen molar-refractivity contribution < 1.29 is 0 Å². The quantitative estimate of drug-likeness (QED) is 0.0311. The van der Waals surface area contributed by atoms with Crippen molar-refractivity contribution in [2.45, 2.75) is 230 Å². The van der Waals surface area contributed by atoms with E-state index in [1.54, 1.807) is 0 Å². The monoisotopic (exact) mass is 1760 g/mol. The standard InChI is InChI=1S/C29H32.C28H30.C27H28.C26H26.C25H24/c1-3-5-6-7-25-12-14-27(15-13-25)18-19-29-22-20-28(21-23-29)17-16-26-10-8-24(4-2)9-11-26;1-3-5-6-24-11-13-26(14-12-24)17-18-28-21-19-27(20-22-28)16-15-25-9-7-23(4-2)8-10-25;1-3-5-23-10-12-25(13-11-23)16-17-27-20-18-26(19-21-27)15-14-24-8-6-22(4-2)7-9-24;1-3-21-5-9-23(10-6-21)13-15-25-17-19-26(20-18-25)16-14-24-11-7-22(4-2)8-12-24;1-3-21-8-10-23(11-9-21)14-15-25-18-16-24(17-19-25)13-12-22-6-4-20(2)5-7-22/h8-15,20-23H,3-7,16-17H2,1-2H3;7-14,19-22H,3-6,15-16H2,1-2H3;6-13,18-21H,3-5,14-15H2,1-2H3;5-12,17-20H,3-4,13,15H2,1-2H3;4-11,16-19H,3,14-15H2,1-2H3. The Morgan fingerprint density at radius 1 is 0.119 bits per heavy atom. The van der Waals surface area contributed by atoms with E-state index in [0.717, 1.165) is 171 Å². The van der Waals surface area contributed by atoms with Crippen LogP contribution in [-0.2, 0) is 122 Å². The molecule has 15 aromatic rings. The molecule has 0 aliphatic carbocycles.